The molecule has 0 spiro atoms. The smallest absolute Gasteiger partial charge is 0.306 e. The van der Waals surface area contributed by atoms with E-state index in [1.54, 1.807) is 0 Å². The van der Waals surface area contributed by atoms with Gasteiger partial charge in [-0.05, 0) is 77.0 Å². The summed E-state index contributed by atoms with van der Waals surface area (Å²) in [6.45, 7) is 6.62. The minimum absolute atomic E-state index is 0.0767. The molecule has 0 aromatic rings. The summed E-state index contributed by atoms with van der Waals surface area (Å²) in [5.74, 6) is -0.886. The third-order valence-corrected chi connectivity index (χ3v) is 12.1. The van der Waals surface area contributed by atoms with Crippen LogP contribution in [0.25, 0.3) is 0 Å². The van der Waals surface area contributed by atoms with E-state index in [1.165, 1.54) is 167 Å². The Bertz CT molecular complexity index is 1060. The minimum Gasteiger partial charge on any atom is -0.462 e. The average molecular weight is 885 g/mol. The highest BCUT2D eigenvalue weighted by Gasteiger charge is 2.19. The molecule has 0 bridgehead atoms. The second-order valence-corrected chi connectivity index (χ2v) is 18.5. The molecule has 63 heavy (non-hydrogen) atoms. The van der Waals surface area contributed by atoms with E-state index in [1.807, 2.05) is 0 Å². The van der Waals surface area contributed by atoms with Crippen LogP contribution in [0.1, 0.15) is 290 Å². The summed E-state index contributed by atoms with van der Waals surface area (Å²) in [5.41, 5.74) is 0. The molecule has 0 aliphatic rings. The molecular formula is C57H104O6. The van der Waals surface area contributed by atoms with Crippen LogP contribution >= 0.6 is 0 Å². The highest BCUT2D eigenvalue weighted by Crippen LogP contribution is 2.16. The topological polar surface area (TPSA) is 78.9 Å². The summed E-state index contributed by atoms with van der Waals surface area (Å²) in [6, 6.07) is 0. The predicted octanol–water partition coefficient (Wildman–Crippen LogP) is 18.1. The Morgan fingerprint density at radius 1 is 0.317 bits per heavy atom. The lowest BCUT2D eigenvalue weighted by molar-refractivity contribution is -0.167. The first-order chi connectivity index (χ1) is 31.0. The van der Waals surface area contributed by atoms with E-state index >= 15 is 0 Å². The molecule has 0 saturated carbocycles. The van der Waals surface area contributed by atoms with Crippen molar-refractivity contribution in [3.8, 4) is 0 Å². The number of carbonyl (C=O) groups is 3. The van der Waals surface area contributed by atoms with Gasteiger partial charge >= 0.3 is 17.9 Å². The molecule has 1 atom stereocenters. The zero-order valence-corrected chi connectivity index (χ0v) is 42.1. The van der Waals surface area contributed by atoms with E-state index in [0.717, 1.165) is 83.5 Å². The van der Waals surface area contributed by atoms with Gasteiger partial charge in [-0.1, -0.05) is 231 Å². The average Bonchev–Trinajstić information content (AvgIpc) is 3.28. The van der Waals surface area contributed by atoms with Crippen molar-refractivity contribution in [3.05, 3.63) is 36.5 Å². The number of esters is 3. The fraction of sp³-hybridized carbons (Fsp3) is 0.842. The maximum atomic E-state index is 12.8. The summed E-state index contributed by atoms with van der Waals surface area (Å²) < 4.78 is 16.8. The summed E-state index contributed by atoms with van der Waals surface area (Å²) in [6.07, 6.45) is 61.2. The Morgan fingerprint density at radius 3 is 0.921 bits per heavy atom. The second kappa shape index (κ2) is 52.3. The van der Waals surface area contributed by atoms with E-state index in [4.69, 9.17) is 14.2 Å². The van der Waals surface area contributed by atoms with E-state index in [-0.39, 0.29) is 31.1 Å². The summed E-state index contributed by atoms with van der Waals surface area (Å²) in [5, 5.41) is 0. The van der Waals surface area contributed by atoms with Crippen LogP contribution in [-0.2, 0) is 28.6 Å². The normalized spacial score (nSPS) is 12.2. The van der Waals surface area contributed by atoms with Crippen LogP contribution in [0.4, 0.5) is 0 Å². The lowest BCUT2D eigenvalue weighted by Crippen LogP contribution is -2.30. The first-order valence-corrected chi connectivity index (χ1v) is 27.5. The monoisotopic (exact) mass is 885 g/mol. The number of ether oxygens (including phenoxy) is 3. The van der Waals surface area contributed by atoms with Crippen molar-refractivity contribution in [2.75, 3.05) is 13.2 Å². The zero-order chi connectivity index (χ0) is 45.8. The molecule has 0 fully saturated rings. The highest BCUT2D eigenvalue weighted by molar-refractivity contribution is 5.71. The van der Waals surface area contributed by atoms with Crippen LogP contribution in [0.2, 0.25) is 0 Å². The highest BCUT2D eigenvalue weighted by atomic mass is 16.6. The van der Waals surface area contributed by atoms with Gasteiger partial charge < -0.3 is 14.2 Å². The molecule has 0 radical (unpaired) electrons. The molecule has 0 rings (SSSR count). The van der Waals surface area contributed by atoms with Crippen molar-refractivity contribution in [3.63, 3.8) is 0 Å². The van der Waals surface area contributed by atoms with Crippen molar-refractivity contribution >= 4 is 17.9 Å². The zero-order valence-electron chi connectivity index (χ0n) is 42.1. The predicted molar refractivity (Wildman–Crippen MR) is 270 cm³/mol. The van der Waals surface area contributed by atoms with Gasteiger partial charge in [0.05, 0.1) is 0 Å². The number of unbranched alkanes of at least 4 members (excludes halogenated alkanes) is 33. The number of hydrogen-bond acceptors (Lipinski definition) is 6. The van der Waals surface area contributed by atoms with Crippen molar-refractivity contribution in [2.24, 2.45) is 0 Å². The Morgan fingerprint density at radius 2 is 0.571 bits per heavy atom. The van der Waals surface area contributed by atoms with Gasteiger partial charge in [0.2, 0.25) is 0 Å². The van der Waals surface area contributed by atoms with Crippen LogP contribution in [0.3, 0.4) is 0 Å². The summed E-state index contributed by atoms with van der Waals surface area (Å²) in [4.78, 5) is 38.0. The van der Waals surface area contributed by atoms with E-state index in [2.05, 4.69) is 57.2 Å². The van der Waals surface area contributed by atoms with Gasteiger partial charge in [-0.3, -0.25) is 14.4 Å². The fourth-order valence-electron chi connectivity index (χ4n) is 7.94. The first-order valence-electron chi connectivity index (χ1n) is 27.5. The van der Waals surface area contributed by atoms with Crippen LogP contribution in [-0.4, -0.2) is 37.2 Å². The Labute approximate surface area is 391 Å². The van der Waals surface area contributed by atoms with Gasteiger partial charge in [0.25, 0.3) is 0 Å². The van der Waals surface area contributed by atoms with E-state index in [9.17, 15) is 14.4 Å². The minimum atomic E-state index is -0.779. The Balaban J connectivity index is 4.38. The quantitative estimate of drug-likeness (QED) is 0.0262. The Kier molecular flexibility index (Phi) is 50.3. The molecule has 368 valence electrons. The molecule has 0 unspecified atom stereocenters. The van der Waals surface area contributed by atoms with Crippen molar-refractivity contribution < 1.29 is 28.6 Å². The van der Waals surface area contributed by atoms with Gasteiger partial charge in [-0.15, -0.1) is 0 Å². The first kappa shape index (κ1) is 60.6. The molecule has 0 aliphatic carbocycles. The van der Waals surface area contributed by atoms with Gasteiger partial charge in [0.15, 0.2) is 6.10 Å². The molecular weight excluding hydrogens is 781 g/mol. The molecule has 0 aromatic heterocycles. The lowest BCUT2D eigenvalue weighted by Gasteiger charge is -2.18. The Hall–Kier alpha value is -2.37. The van der Waals surface area contributed by atoms with Crippen LogP contribution in [0.5, 0.6) is 0 Å². The maximum absolute atomic E-state index is 12.8. The standard InChI is InChI=1S/C57H104O6/c1-4-7-10-13-16-19-22-25-28-31-34-37-40-43-46-49-55(58)61-52-54(63-57(60)51-48-45-42-39-36-33-30-27-24-21-18-15-12-9-6-3)53-62-56(59)50-47-44-41-38-35-32-29-26-23-20-17-14-11-8-5-2/h16,19,25,27-28,30,54H,4-15,17-18,20-24,26,29,31-53H2,1-3H3/b19-16-,28-25-,30-27-/t54-/m1/s1. The third kappa shape index (κ3) is 50.5. The molecule has 0 saturated heterocycles. The van der Waals surface area contributed by atoms with Crippen molar-refractivity contribution in [1.29, 1.82) is 0 Å². The maximum Gasteiger partial charge on any atom is 0.306 e. The third-order valence-electron chi connectivity index (χ3n) is 12.1. The molecule has 0 N–H and O–H groups in total. The molecule has 6 heteroatoms. The van der Waals surface area contributed by atoms with Crippen molar-refractivity contribution in [2.45, 2.75) is 297 Å². The van der Waals surface area contributed by atoms with Gasteiger partial charge in [0.1, 0.15) is 13.2 Å². The van der Waals surface area contributed by atoms with Gasteiger partial charge in [-0.25, -0.2) is 0 Å². The number of carbonyl (C=O) groups excluding carboxylic acids is 3. The number of rotatable bonds is 50. The largest absolute Gasteiger partial charge is 0.462 e. The summed E-state index contributed by atoms with van der Waals surface area (Å²) >= 11 is 0. The number of hydrogen-bond donors (Lipinski definition) is 0. The lowest BCUT2D eigenvalue weighted by atomic mass is 10.0. The second-order valence-electron chi connectivity index (χ2n) is 18.5. The number of allylic oxidation sites excluding steroid dienone is 6. The SMILES string of the molecule is CCCCC/C=C\C/C=C\CCCCCCCC(=O)OC[C@H](COC(=O)CCCCCCCCCCCCCCCCC)OC(=O)CCCCCCC/C=C\CCCCCCCC. The van der Waals surface area contributed by atoms with Crippen LogP contribution in [0, 0.1) is 0 Å². The van der Waals surface area contributed by atoms with Gasteiger partial charge in [0, 0.05) is 19.3 Å². The molecule has 0 amide bonds. The molecule has 0 heterocycles. The van der Waals surface area contributed by atoms with Crippen LogP contribution in [0.15, 0.2) is 36.5 Å². The molecule has 0 aromatic carbocycles. The summed E-state index contributed by atoms with van der Waals surface area (Å²) in [7, 11) is 0. The van der Waals surface area contributed by atoms with Crippen molar-refractivity contribution in [1.82, 2.24) is 0 Å². The molecule has 6 nitrogen and oxygen atoms in total. The fourth-order valence-corrected chi connectivity index (χ4v) is 7.94. The molecule has 0 aliphatic heterocycles. The van der Waals surface area contributed by atoms with Gasteiger partial charge in [-0.2, -0.15) is 0 Å². The van der Waals surface area contributed by atoms with Crippen LogP contribution < -0.4 is 0 Å². The van der Waals surface area contributed by atoms with E-state index in [0.29, 0.717) is 19.3 Å². The van der Waals surface area contributed by atoms with E-state index < -0.39 is 6.10 Å².